The number of pyridine rings is 1. The Labute approximate surface area is 142 Å². The normalized spacial score (nSPS) is 11.9. The van der Waals surface area contributed by atoms with Crippen LogP contribution in [0, 0.1) is 13.8 Å². The van der Waals surface area contributed by atoms with Crippen LogP contribution in [0.2, 0.25) is 0 Å². The summed E-state index contributed by atoms with van der Waals surface area (Å²) in [7, 11) is 0. The van der Waals surface area contributed by atoms with Crippen molar-refractivity contribution in [1.82, 2.24) is 0 Å². The minimum absolute atomic E-state index is 0.156. The maximum atomic E-state index is 12.7. The van der Waals surface area contributed by atoms with Gasteiger partial charge in [-0.1, -0.05) is 36.4 Å². The fourth-order valence-electron chi connectivity index (χ4n) is 3.66. The van der Waals surface area contributed by atoms with E-state index in [1.807, 2.05) is 23.0 Å². The molecule has 0 aliphatic heterocycles. The van der Waals surface area contributed by atoms with E-state index in [-0.39, 0.29) is 5.78 Å². The van der Waals surface area contributed by atoms with E-state index in [2.05, 4.69) is 56.3 Å². The first-order valence-corrected chi connectivity index (χ1v) is 8.32. The number of rotatable bonds is 3. The van der Waals surface area contributed by atoms with Crippen molar-refractivity contribution in [3.63, 3.8) is 0 Å². The zero-order chi connectivity index (χ0) is 16.7. The van der Waals surface area contributed by atoms with E-state index in [0.29, 0.717) is 6.54 Å². The van der Waals surface area contributed by atoms with Crippen molar-refractivity contribution in [2.24, 2.45) is 0 Å². The second-order valence-corrected chi connectivity index (χ2v) is 6.69. The lowest BCUT2D eigenvalue weighted by molar-refractivity contribution is -0.683. The van der Waals surface area contributed by atoms with Crippen molar-refractivity contribution in [3.8, 4) is 11.1 Å². The van der Waals surface area contributed by atoms with Gasteiger partial charge in [0.2, 0.25) is 12.3 Å². The number of benzene rings is 2. The van der Waals surface area contributed by atoms with E-state index in [1.54, 1.807) is 0 Å². The molecule has 24 heavy (non-hydrogen) atoms. The Morgan fingerprint density at radius 3 is 2.42 bits per heavy atom. The molecule has 4 rings (SSSR count). The van der Waals surface area contributed by atoms with Crippen LogP contribution in [0.3, 0.4) is 0 Å². The first-order valence-electron chi connectivity index (χ1n) is 8.32. The van der Waals surface area contributed by atoms with Crippen molar-refractivity contribution in [3.05, 3.63) is 88.7 Å². The van der Waals surface area contributed by atoms with E-state index in [1.165, 1.54) is 33.4 Å². The lowest BCUT2D eigenvalue weighted by Crippen LogP contribution is -2.38. The van der Waals surface area contributed by atoms with Crippen molar-refractivity contribution in [2.45, 2.75) is 26.8 Å². The summed E-state index contributed by atoms with van der Waals surface area (Å²) in [5.74, 6) is 0.156. The van der Waals surface area contributed by atoms with Gasteiger partial charge in [0.25, 0.3) is 0 Å². The van der Waals surface area contributed by atoms with Gasteiger partial charge in [-0.2, -0.15) is 4.57 Å². The fourth-order valence-corrected chi connectivity index (χ4v) is 3.66. The van der Waals surface area contributed by atoms with Gasteiger partial charge >= 0.3 is 0 Å². The van der Waals surface area contributed by atoms with Crippen LogP contribution in [0.15, 0.2) is 60.9 Å². The van der Waals surface area contributed by atoms with Gasteiger partial charge in [0.15, 0.2) is 12.4 Å². The molecule has 0 fully saturated rings. The van der Waals surface area contributed by atoms with Crippen molar-refractivity contribution < 1.29 is 9.36 Å². The number of fused-ring (bicyclic) bond motifs is 3. The number of nitrogens with zero attached hydrogens (tertiary/aromatic N) is 1. The third-order valence-corrected chi connectivity index (χ3v) is 4.64. The third-order valence-electron chi connectivity index (χ3n) is 4.64. The predicted octanol–water partition coefficient (Wildman–Crippen LogP) is 4.05. The van der Waals surface area contributed by atoms with Crippen LogP contribution in [-0.4, -0.2) is 5.78 Å². The molecule has 1 aliphatic rings. The second kappa shape index (κ2) is 5.72. The van der Waals surface area contributed by atoms with E-state index in [4.69, 9.17) is 0 Å². The van der Waals surface area contributed by atoms with Crippen LogP contribution < -0.4 is 4.57 Å². The van der Waals surface area contributed by atoms with Gasteiger partial charge in [0.05, 0.1) is 0 Å². The standard InChI is InChI=1S/C22H20NO/c1-15-9-16(2)13-23(12-15)14-22(24)18-7-8-21-19(11-18)10-17-5-3-4-6-20(17)21/h3-9,11-13H,10,14H2,1-2H3/q+1. The maximum Gasteiger partial charge on any atom is 0.227 e. The quantitative estimate of drug-likeness (QED) is 0.413. The largest absolute Gasteiger partial charge is 0.287 e. The van der Waals surface area contributed by atoms with Crippen molar-refractivity contribution >= 4 is 5.78 Å². The Balaban J connectivity index is 1.62. The lowest BCUT2D eigenvalue weighted by atomic mass is 10.0. The van der Waals surface area contributed by atoms with Gasteiger partial charge in [-0.05, 0) is 54.7 Å². The highest BCUT2D eigenvalue weighted by Crippen LogP contribution is 2.36. The molecule has 0 atom stereocenters. The Hall–Kier alpha value is -2.74. The molecule has 0 saturated heterocycles. The highest BCUT2D eigenvalue weighted by molar-refractivity contribution is 5.96. The Kier molecular flexibility index (Phi) is 3.53. The number of carbonyl (C=O) groups excluding carboxylic acids is 1. The summed E-state index contributed by atoms with van der Waals surface area (Å²) < 4.78 is 1.98. The summed E-state index contributed by atoms with van der Waals surface area (Å²) in [6.45, 7) is 4.50. The molecule has 2 heteroatoms. The Morgan fingerprint density at radius 1 is 0.917 bits per heavy atom. The first-order chi connectivity index (χ1) is 11.6. The van der Waals surface area contributed by atoms with Crippen LogP contribution in [0.4, 0.5) is 0 Å². The van der Waals surface area contributed by atoms with E-state index in [9.17, 15) is 4.79 Å². The number of ketones is 1. The van der Waals surface area contributed by atoms with Crippen LogP contribution in [0.5, 0.6) is 0 Å². The lowest BCUT2D eigenvalue weighted by Gasteiger charge is -2.04. The molecule has 0 bridgehead atoms. The van der Waals surface area contributed by atoms with E-state index < -0.39 is 0 Å². The number of Topliss-reactive ketones (excluding diaryl/α,β-unsaturated/α-hetero) is 1. The zero-order valence-electron chi connectivity index (χ0n) is 14.0. The summed E-state index contributed by atoms with van der Waals surface area (Å²) in [4.78, 5) is 12.7. The van der Waals surface area contributed by atoms with Crippen LogP contribution in [-0.2, 0) is 13.0 Å². The molecule has 0 N–H and O–H groups in total. The SMILES string of the molecule is Cc1cc(C)c[n+](CC(=O)c2ccc3c(c2)Cc2ccccc2-3)c1. The highest BCUT2D eigenvalue weighted by Gasteiger charge is 2.20. The topological polar surface area (TPSA) is 20.9 Å². The monoisotopic (exact) mass is 314 g/mol. The van der Waals surface area contributed by atoms with Gasteiger partial charge in [-0.25, -0.2) is 0 Å². The van der Waals surface area contributed by atoms with Crippen LogP contribution in [0.1, 0.15) is 32.6 Å². The van der Waals surface area contributed by atoms with Gasteiger partial charge < -0.3 is 0 Å². The minimum Gasteiger partial charge on any atom is -0.287 e. The second-order valence-electron chi connectivity index (χ2n) is 6.69. The van der Waals surface area contributed by atoms with Crippen molar-refractivity contribution in [1.29, 1.82) is 0 Å². The summed E-state index contributed by atoms with van der Waals surface area (Å²) >= 11 is 0. The smallest absolute Gasteiger partial charge is 0.227 e. The first kappa shape index (κ1) is 14.8. The maximum absolute atomic E-state index is 12.7. The number of hydrogen-bond donors (Lipinski definition) is 0. The molecule has 0 radical (unpaired) electrons. The molecular weight excluding hydrogens is 294 g/mol. The van der Waals surface area contributed by atoms with Gasteiger partial charge in [-0.3, -0.25) is 4.79 Å². The Bertz CT molecular complexity index is 936. The van der Waals surface area contributed by atoms with Gasteiger partial charge in [0, 0.05) is 16.7 Å². The summed E-state index contributed by atoms with van der Waals surface area (Å²) in [5.41, 5.74) is 8.32. The van der Waals surface area contributed by atoms with Gasteiger partial charge in [0.1, 0.15) is 0 Å². The number of hydrogen-bond acceptors (Lipinski definition) is 1. The third kappa shape index (κ3) is 2.65. The number of aryl methyl sites for hydroxylation is 2. The molecule has 3 aromatic rings. The molecule has 118 valence electrons. The molecule has 0 unspecified atom stereocenters. The molecule has 1 heterocycles. The molecular formula is C22H20NO+. The fraction of sp³-hybridized carbons (Fsp3) is 0.182. The number of aromatic nitrogens is 1. The summed E-state index contributed by atoms with van der Waals surface area (Å²) in [6.07, 6.45) is 4.96. The molecule has 2 nitrogen and oxygen atoms in total. The van der Waals surface area contributed by atoms with Crippen LogP contribution >= 0.6 is 0 Å². The molecule has 2 aromatic carbocycles. The van der Waals surface area contributed by atoms with E-state index >= 15 is 0 Å². The average molecular weight is 314 g/mol. The molecule has 0 saturated carbocycles. The van der Waals surface area contributed by atoms with E-state index in [0.717, 1.165) is 12.0 Å². The molecule has 1 aliphatic carbocycles. The minimum atomic E-state index is 0.156. The average Bonchev–Trinajstić information content (AvgIpc) is 2.91. The Morgan fingerprint density at radius 2 is 1.62 bits per heavy atom. The summed E-state index contributed by atoms with van der Waals surface area (Å²) in [6, 6.07) is 16.7. The van der Waals surface area contributed by atoms with Crippen molar-refractivity contribution in [2.75, 3.05) is 0 Å². The molecule has 1 aromatic heterocycles. The number of carbonyl (C=O) groups is 1. The molecule has 0 amide bonds. The van der Waals surface area contributed by atoms with Gasteiger partial charge in [-0.15, -0.1) is 0 Å². The zero-order valence-corrected chi connectivity index (χ0v) is 14.0. The molecule has 0 spiro atoms. The summed E-state index contributed by atoms with van der Waals surface area (Å²) in [5, 5.41) is 0. The highest BCUT2D eigenvalue weighted by atomic mass is 16.1. The van der Waals surface area contributed by atoms with Crippen LogP contribution in [0.25, 0.3) is 11.1 Å². The predicted molar refractivity (Wildman–Crippen MR) is 95.1 cm³/mol.